The summed E-state index contributed by atoms with van der Waals surface area (Å²) in [6, 6.07) is 2.72. The maximum Gasteiger partial charge on any atom is 0.252 e. The number of benzene rings is 1. The SMILES string of the molecule is Nc1cc(Br)c(S(=O)(=O)N(CCO)CC(F)F)c(Br)c1. The second-order valence-corrected chi connectivity index (χ2v) is 7.37. The van der Waals surface area contributed by atoms with Crippen LogP contribution in [0.5, 0.6) is 0 Å². The number of hydrogen-bond donors (Lipinski definition) is 2. The third-order valence-corrected chi connectivity index (χ3v) is 6.05. The molecule has 0 aliphatic rings. The van der Waals surface area contributed by atoms with Gasteiger partial charge in [0.15, 0.2) is 0 Å². The Morgan fingerprint density at radius 2 is 1.80 bits per heavy atom. The summed E-state index contributed by atoms with van der Waals surface area (Å²) < 4.78 is 50.6. The fraction of sp³-hybridized carbons (Fsp3) is 0.400. The molecule has 0 saturated heterocycles. The van der Waals surface area contributed by atoms with Crippen LogP contribution >= 0.6 is 31.9 Å². The minimum atomic E-state index is -4.19. The van der Waals surface area contributed by atoms with Crippen LogP contribution in [0.15, 0.2) is 26.0 Å². The molecule has 10 heteroatoms. The first kappa shape index (κ1) is 17.8. The van der Waals surface area contributed by atoms with Gasteiger partial charge in [-0.05, 0) is 44.0 Å². The molecule has 0 heterocycles. The van der Waals surface area contributed by atoms with E-state index in [2.05, 4.69) is 31.9 Å². The van der Waals surface area contributed by atoms with Crippen molar-refractivity contribution in [3.05, 3.63) is 21.1 Å². The number of sulfonamides is 1. The van der Waals surface area contributed by atoms with Crippen LogP contribution in [0.3, 0.4) is 0 Å². The molecule has 1 aromatic rings. The van der Waals surface area contributed by atoms with Crippen LogP contribution in [0.2, 0.25) is 0 Å². The first-order valence-electron chi connectivity index (χ1n) is 5.33. The van der Waals surface area contributed by atoms with Crippen molar-refractivity contribution in [3.8, 4) is 0 Å². The standard InChI is InChI=1S/C10H12Br2F2N2O3S/c11-7-3-6(15)4-8(12)10(7)20(18,19)16(1-2-17)5-9(13)14/h3-4,9,17H,1-2,5,15H2. The van der Waals surface area contributed by atoms with Crippen molar-refractivity contribution < 1.29 is 22.3 Å². The van der Waals surface area contributed by atoms with Gasteiger partial charge in [0, 0.05) is 21.2 Å². The summed E-state index contributed by atoms with van der Waals surface area (Å²) in [6.45, 7) is -1.97. The number of rotatable bonds is 6. The quantitative estimate of drug-likeness (QED) is 0.667. The Hall–Kier alpha value is -0.290. The molecule has 1 rings (SSSR count). The molecule has 0 amide bonds. The van der Waals surface area contributed by atoms with Gasteiger partial charge in [-0.15, -0.1) is 0 Å². The van der Waals surface area contributed by atoms with Gasteiger partial charge in [-0.2, -0.15) is 4.31 Å². The third kappa shape index (κ3) is 4.10. The van der Waals surface area contributed by atoms with E-state index in [1.54, 1.807) is 0 Å². The van der Waals surface area contributed by atoms with Crippen LogP contribution in [-0.2, 0) is 10.0 Å². The molecule has 1 aromatic carbocycles. The minimum absolute atomic E-state index is 0.154. The lowest BCUT2D eigenvalue weighted by atomic mass is 10.3. The normalized spacial score (nSPS) is 12.3. The molecule has 0 saturated carbocycles. The predicted octanol–water partition coefficient (Wildman–Crippen LogP) is 2.04. The Morgan fingerprint density at radius 1 is 1.30 bits per heavy atom. The fourth-order valence-electron chi connectivity index (χ4n) is 1.53. The molecule has 5 nitrogen and oxygen atoms in total. The number of aliphatic hydroxyl groups is 1. The van der Waals surface area contributed by atoms with Crippen molar-refractivity contribution >= 4 is 47.6 Å². The molecule has 0 unspecified atom stereocenters. The van der Waals surface area contributed by atoms with Gasteiger partial charge in [0.2, 0.25) is 10.0 Å². The van der Waals surface area contributed by atoms with E-state index in [1.807, 2.05) is 0 Å². The van der Waals surface area contributed by atoms with Crippen LogP contribution < -0.4 is 5.73 Å². The molecule has 0 radical (unpaired) electrons. The summed E-state index contributed by atoms with van der Waals surface area (Å²) in [4.78, 5) is -0.208. The van der Waals surface area contributed by atoms with Gasteiger partial charge in [-0.3, -0.25) is 0 Å². The number of nitrogens with zero attached hydrogens (tertiary/aromatic N) is 1. The molecule has 0 atom stereocenters. The highest BCUT2D eigenvalue weighted by molar-refractivity contribution is 9.11. The average molecular weight is 438 g/mol. The Bertz CT molecular complexity index is 561. The average Bonchev–Trinajstić information content (AvgIpc) is 2.25. The zero-order valence-electron chi connectivity index (χ0n) is 10.1. The molecule has 20 heavy (non-hydrogen) atoms. The highest BCUT2D eigenvalue weighted by Gasteiger charge is 2.30. The fourth-order valence-corrected chi connectivity index (χ4v) is 5.48. The molecular weight excluding hydrogens is 426 g/mol. The lowest BCUT2D eigenvalue weighted by Crippen LogP contribution is -2.37. The zero-order chi connectivity index (χ0) is 15.5. The van der Waals surface area contributed by atoms with Crippen molar-refractivity contribution in [1.29, 1.82) is 0 Å². The van der Waals surface area contributed by atoms with E-state index < -0.39 is 36.1 Å². The first-order chi connectivity index (χ1) is 9.20. The van der Waals surface area contributed by atoms with Crippen LogP contribution in [-0.4, -0.2) is 44.0 Å². The van der Waals surface area contributed by atoms with Gasteiger partial charge >= 0.3 is 0 Å². The Labute approximate surface area is 132 Å². The Balaban J connectivity index is 3.33. The van der Waals surface area contributed by atoms with E-state index in [1.165, 1.54) is 12.1 Å². The molecular formula is C10H12Br2F2N2O3S. The lowest BCUT2D eigenvalue weighted by Gasteiger charge is -2.22. The van der Waals surface area contributed by atoms with Crippen LogP contribution in [0, 0.1) is 0 Å². The number of nitrogen functional groups attached to an aromatic ring is 1. The number of anilines is 1. The van der Waals surface area contributed by atoms with Crippen molar-refractivity contribution in [2.45, 2.75) is 11.3 Å². The highest BCUT2D eigenvalue weighted by Crippen LogP contribution is 2.34. The second-order valence-electron chi connectivity index (χ2n) is 3.79. The van der Waals surface area contributed by atoms with Crippen molar-refractivity contribution in [2.24, 2.45) is 0 Å². The van der Waals surface area contributed by atoms with Crippen molar-refractivity contribution in [3.63, 3.8) is 0 Å². The van der Waals surface area contributed by atoms with Gasteiger partial charge in [0.05, 0.1) is 13.2 Å². The van der Waals surface area contributed by atoms with E-state index in [0.717, 1.165) is 0 Å². The number of nitrogens with two attached hydrogens (primary N) is 1. The molecule has 114 valence electrons. The number of halogens is 4. The number of alkyl halides is 2. The molecule has 0 aliphatic carbocycles. The van der Waals surface area contributed by atoms with E-state index in [9.17, 15) is 17.2 Å². The Kier molecular flexibility index (Phi) is 6.32. The smallest absolute Gasteiger partial charge is 0.252 e. The van der Waals surface area contributed by atoms with Crippen LogP contribution in [0.1, 0.15) is 0 Å². The third-order valence-electron chi connectivity index (χ3n) is 2.31. The van der Waals surface area contributed by atoms with Gasteiger partial charge < -0.3 is 10.8 Å². The zero-order valence-corrected chi connectivity index (χ0v) is 14.1. The first-order valence-corrected chi connectivity index (χ1v) is 8.36. The monoisotopic (exact) mass is 436 g/mol. The predicted molar refractivity (Wildman–Crippen MR) is 78.1 cm³/mol. The molecule has 0 spiro atoms. The maximum absolute atomic E-state index is 12.5. The van der Waals surface area contributed by atoms with Crippen LogP contribution in [0.25, 0.3) is 0 Å². The van der Waals surface area contributed by atoms with Gasteiger partial charge in [0.1, 0.15) is 4.90 Å². The summed E-state index contributed by atoms with van der Waals surface area (Å²) in [5.41, 5.74) is 5.87. The molecule has 0 aromatic heterocycles. The Morgan fingerprint density at radius 3 is 2.20 bits per heavy atom. The summed E-state index contributed by atoms with van der Waals surface area (Å²) in [5.74, 6) is 0. The number of aliphatic hydroxyl groups excluding tert-OH is 1. The van der Waals surface area contributed by atoms with Gasteiger partial charge in [0.25, 0.3) is 6.43 Å². The molecule has 0 bridgehead atoms. The summed E-state index contributed by atoms with van der Waals surface area (Å²) in [6.07, 6.45) is -2.84. The molecule has 0 fully saturated rings. The van der Waals surface area contributed by atoms with E-state index >= 15 is 0 Å². The maximum atomic E-state index is 12.5. The summed E-state index contributed by atoms with van der Waals surface area (Å²) >= 11 is 6.11. The molecule has 0 aliphatic heterocycles. The summed E-state index contributed by atoms with van der Waals surface area (Å²) in [7, 11) is -4.19. The van der Waals surface area contributed by atoms with E-state index in [-0.39, 0.29) is 13.8 Å². The van der Waals surface area contributed by atoms with Crippen molar-refractivity contribution in [1.82, 2.24) is 4.31 Å². The van der Waals surface area contributed by atoms with Crippen LogP contribution in [0.4, 0.5) is 14.5 Å². The second kappa shape index (κ2) is 7.12. The van der Waals surface area contributed by atoms with Gasteiger partial charge in [-0.25, -0.2) is 17.2 Å². The van der Waals surface area contributed by atoms with E-state index in [0.29, 0.717) is 9.99 Å². The number of hydrogen-bond acceptors (Lipinski definition) is 4. The largest absolute Gasteiger partial charge is 0.399 e. The molecule has 3 N–H and O–H groups in total. The van der Waals surface area contributed by atoms with Gasteiger partial charge in [-0.1, -0.05) is 0 Å². The lowest BCUT2D eigenvalue weighted by molar-refractivity contribution is 0.113. The highest BCUT2D eigenvalue weighted by atomic mass is 79.9. The topological polar surface area (TPSA) is 83.6 Å². The van der Waals surface area contributed by atoms with Crippen molar-refractivity contribution in [2.75, 3.05) is 25.4 Å². The minimum Gasteiger partial charge on any atom is -0.399 e. The summed E-state index contributed by atoms with van der Waals surface area (Å²) in [5, 5.41) is 8.85. The van der Waals surface area contributed by atoms with E-state index in [4.69, 9.17) is 10.8 Å².